The molecule has 2 nitrogen and oxygen atoms in total. The Bertz CT molecular complexity index is 387. The molecule has 1 rings (SSSR count). The predicted molar refractivity (Wildman–Crippen MR) is 85.9 cm³/mol. The van der Waals surface area contributed by atoms with Crippen LogP contribution in [-0.4, -0.2) is 18.6 Å². The topological polar surface area (TPSA) is 29.3 Å². The van der Waals surface area contributed by atoms with Crippen LogP contribution >= 0.6 is 0 Å². The molecule has 2 atom stereocenters. The molecule has 2 N–H and O–H groups in total. The van der Waals surface area contributed by atoms with E-state index in [1.165, 1.54) is 23.2 Å². The maximum Gasteiger partial charge on any atom is 0.0398 e. The van der Waals surface area contributed by atoms with Gasteiger partial charge in [0.2, 0.25) is 0 Å². The Labute approximate surface area is 119 Å². The predicted octanol–water partition coefficient (Wildman–Crippen LogP) is 3.90. The number of aryl methyl sites for hydroxylation is 1. The highest BCUT2D eigenvalue weighted by molar-refractivity contribution is 5.55. The van der Waals surface area contributed by atoms with Crippen molar-refractivity contribution in [2.24, 2.45) is 5.73 Å². The highest BCUT2D eigenvalue weighted by Crippen LogP contribution is 2.24. The Kier molecular flexibility index (Phi) is 6.36. The minimum Gasteiger partial charge on any atom is -0.369 e. The molecule has 1 aromatic carbocycles. The minimum atomic E-state index is 0.280. The fourth-order valence-electron chi connectivity index (χ4n) is 2.55. The van der Waals surface area contributed by atoms with Crippen LogP contribution in [0.2, 0.25) is 0 Å². The lowest BCUT2D eigenvalue weighted by atomic mass is 10.0. The summed E-state index contributed by atoms with van der Waals surface area (Å²) >= 11 is 0. The summed E-state index contributed by atoms with van der Waals surface area (Å²) in [5, 5.41) is 0. The molecule has 0 heterocycles. The standard InChI is InChI=1S/C17H30N2/c1-6-14(5)19(8-3)17-10-9-15(11-13(17)4)12-16(18)7-2/h9-11,14,16H,6-8,12,18H2,1-5H3. The summed E-state index contributed by atoms with van der Waals surface area (Å²) in [6.07, 6.45) is 3.19. The third kappa shape index (κ3) is 4.24. The summed E-state index contributed by atoms with van der Waals surface area (Å²) < 4.78 is 0. The van der Waals surface area contributed by atoms with Crippen molar-refractivity contribution in [1.82, 2.24) is 0 Å². The molecule has 0 radical (unpaired) electrons. The monoisotopic (exact) mass is 262 g/mol. The molecule has 0 saturated heterocycles. The van der Waals surface area contributed by atoms with Crippen molar-refractivity contribution in [1.29, 1.82) is 0 Å². The smallest absolute Gasteiger partial charge is 0.0398 e. The molecule has 0 aliphatic carbocycles. The first-order chi connectivity index (χ1) is 9.03. The van der Waals surface area contributed by atoms with Crippen LogP contribution < -0.4 is 10.6 Å². The van der Waals surface area contributed by atoms with E-state index in [1.54, 1.807) is 0 Å². The van der Waals surface area contributed by atoms with Gasteiger partial charge in [0.1, 0.15) is 0 Å². The second-order valence-corrected chi connectivity index (χ2v) is 5.54. The van der Waals surface area contributed by atoms with Gasteiger partial charge in [0.15, 0.2) is 0 Å². The first kappa shape index (κ1) is 16.0. The molecule has 1 aromatic rings. The molecule has 2 unspecified atom stereocenters. The molecule has 0 amide bonds. The first-order valence-corrected chi connectivity index (χ1v) is 7.65. The maximum atomic E-state index is 6.04. The van der Waals surface area contributed by atoms with E-state index in [9.17, 15) is 0 Å². The van der Waals surface area contributed by atoms with Gasteiger partial charge in [-0.2, -0.15) is 0 Å². The van der Waals surface area contributed by atoms with Crippen molar-refractivity contribution < 1.29 is 0 Å². The summed E-state index contributed by atoms with van der Waals surface area (Å²) in [7, 11) is 0. The number of nitrogens with zero attached hydrogens (tertiary/aromatic N) is 1. The van der Waals surface area contributed by atoms with Crippen molar-refractivity contribution in [2.75, 3.05) is 11.4 Å². The number of nitrogens with two attached hydrogens (primary N) is 1. The van der Waals surface area contributed by atoms with Gasteiger partial charge >= 0.3 is 0 Å². The van der Waals surface area contributed by atoms with Crippen LogP contribution in [0.25, 0.3) is 0 Å². The number of anilines is 1. The Morgan fingerprint density at radius 1 is 1.16 bits per heavy atom. The second kappa shape index (κ2) is 7.54. The number of hydrogen-bond acceptors (Lipinski definition) is 2. The van der Waals surface area contributed by atoms with Gasteiger partial charge in [-0.3, -0.25) is 0 Å². The number of rotatable bonds is 7. The molecule has 0 aliphatic rings. The lowest BCUT2D eigenvalue weighted by Crippen LogP contribution is -2.32. The quantitative estimate of drug-likeness (QED) is 0.807. The average Bonchev–Trinajstić information content (AvgIpc) is 2.41. The third-order valence-electron chi connectivity index (χ3n) is 4.06. The maximum absolute atomic E-state index is 6.04. The number of benzene rings is 1. The summed E-state index contributed by atoms with van der Waals surface area (Å²) in [5.41, 5.74) is 10.1. The Balaban J connectivity index is 2.92. The molecule has 108 valence electrons. The Morgan fingerprint density at radius 3 is 2.32 bits per heavy atom. The van der Waals surface area contributed by atoms with Crippen LogP contribution in [0.1, 0.15) is 51.7 Å². The van der Waals surface area contributed by atoms with E-state index in [0.29, 0.717) is 6.04 Å². The Morgan fingerprint density at radius 2 is 1.84 bits per heavy atom. The van der Waals surface area contributed by atoms with Gasteiger partial charge in [-0.05, 0) is 57.2 Å². The van der Waals surface area contributed by atoms with Gasteiger partial charge < -0.3 is 10.6 Å². The van der Waals surface area contributed by atoms with Crippen LogP contribution in [0.3, 0.4) is 0 Å². The van der Waals surface area contributed by atoms with E-state index < -0.39 is 0 Å². The van der Waals surface area contributed by atoms with Crippen LogP contribution in [0.15, 0.2) is 18.2 Å². The molecular formula is C17H30N2. The highest BCUT2D eigenvalue weighted by Gasteiger charge is 2.13. The van der Waals surface area contributed by atoms with Crippen LogP contribution in [0, 0.1) is 6.92 Å². The summed E-state index contributed by atoms with van der Waals surface area (Å²) in [6, 6.07) is 7.68. The SMILES string of the molecule is CCC(N)Cc1ccc(N(CC)C(C)CC)c(C)c1. The van der Waals surface area contributed by atoms with Gasteiger partial charge in [0, 0.05) is 24.3 Å². The van der Waals surface area contributed by atoms with E-state index in [4.69, 9.17) is 5.73 Å². The van der Waals surface area contributed by atoms with Crippen molar-refractivity contribution in [3.63, 3.8) is 0 Å². The molecule has 0 aromatic heterocycles. The van der Waals surface area contributed by atoms with Crippen molar-refractivity contribution in [3.8, 4) is 0 Å². The molecule has 19 heavy (non-hydrogen) atoms. The first-order valence-electron chi connectivity index (χ1n) is 7.65. The Hall–Kier alpha value is -1.02. The molecule has 0 saturated carbocycles. The van der Waals surface area contributed by atoms with Crippen molar-refractivity contribution >= 4 is 5.69 Å². The van der Waals surface area contributed by atoms with Gasteiger partial charge in [0.25, 0.3) is 0 Å². The number of hydrogen-bond donors (Lipinski definition) is 1. The summed E-state index contributed by atoms with van der Waals surface area (Å²) in [5.74, 6) is 0. The van der Waals surface area contributed by atoms with Crippen molar-refractivity contribution in [3.05, 3.63) is 29.3 Å². The third-order valence-corrected chi connectivity index (χ3v) is 4.06. The van der Waals surface area contributed by atoms with E-state index in [0.717, 1.165) is 19.4 Å². The molecule has 0 spiro atoms. The molecule has 0 bridgehead atoms. The van der Waals surface area contributed by atoms with Crippen LogP contribution in [0.4, 0.5) is 5.69 Å². The normalized spacial score (nSPS) is 14.2. The van der Waals surface area contributed by atoms with Gasteiger partial charge in [0.05, 0.1) is 0 Å². The molecule has 2 heteroatoms. The second-order valence-electron chi connectivity index (χ2n) is 5.54. The van der Waals surface area contributed by atoms with E-state index in [1.807, 2.05) is 0 Å². The minimum absolute atomic E-state index is 0.280. The van der Waals surface area contributed by atoms with Crippen LogP contribution in [0.5, 0.6) is 0 Å². The molecule has 0 aliphatic heterocycles. The lowest BCUT2D eigenvalue weighted by Gasteiger charge is -2.31. The summed E-state index contributed by atoms with van der Waals surface area (Å²) in [6.45, 7) is 12.2. The van der Waals surface area contributed by atoms with E-state index in [-0.39, 0.29) is 6.04 Å². The van der Waals surface area contributed by atoms with E-state index in [2.05, 4.69) is 57.7 Å². The molecule has 0 fully saturated rings. The van der Waals surface area contributed by atoms with Gasteiger partial charge in [-0.1, -0.05) is 26.0 Å². The molecular weight excluding hydrogens is 232 g/mol. The summed E-state index contributed by atoms with van der Waals surface area (Å²) in [4.78, 5) is 2.48. The van der Waals surface area contributed by atoms with Gasteiger partial charge in [-0.15, -0.1) is 0 Å². The lowest BCUT2D eigenvalue weighted by molar-refractivity contribution is 0.627. The fourth-order valence-corrected chi connectivity index (χ4v) is 2.55. The van der Waals surface area contributed by atoms with Crippen molar-refractivity contribution in [2.45, 2.75) is 66.0 Å². The average molecular weight is 262 g/mol. The van der Waals surface area contributed by atoms with E-state index >= 15 is 0 Å². The zero-order valence-electron chi connectivity index (χ0n) is 13.2. The van der Waals surface area contributed by atoms with Crippen LogP contribution in [-0.2, 0) is 6.42 Å². The largest absolute Gasteiger partial charge is 0.369 e. The zero-order valence-corrected chi connectivity index (χ0v) is 13.2. The fraction of sp³-hybridized carbons (Fsp3) is 0.647. The zero-order chi connectivity index (χ0) is 14.4. The highest BCUT2D eigenvalue weighted by atomic mass is 15.1. The van der Waals surface area contributed by atoms with Gasteiger partial charge in [-0.25, -0.2) is 0 Å².